The first-order valence-corrected chi connectivity index (χ1v) is 8.81. The van der Waals surface area contributed by atoms with Crippen molar-refractivity contribution in [1.29, 1.82) is 0 Å². The van der Waals surface area contributed by atoms with Crippen LogP contribution in [0, 0.1) is 6.92 Å². The Morgan fingerprint density at radius 2 is 1.96 bits per heavy atom. The number of ether oxygens (including phenoxy) is 2. The van der Waals surface area contributed by atoms with Gasteiger partial charge >= 0.3 is 6.61 Å². The molecule has 0 atom stereocenters. The SMILES string of the molecule is COc1ccc(C(=O)Nc2nc(-c3ccccc3C)cs2)cc1OC(F)F. The van der Waals surface area contributed by atoms with Gasteiger partial charge in [-0.1, -0.05) is 24.3 Å². The van der Waals surface area contributed by atoms with Crippen LogP contribution in [0.15, 0.2) is 47.8 Å². The second-order valence-corrected chi connectivity index (χ2v) is 6.41. The van der Waals surface area contributed by atoms with Crippen molar-refractivity contribution in [1.82, 2.24) is 4.98 Å². The largest absolute Gasteiger partial charge is 0.493 e. The van der Waals surface area contributed by atoms with Gasteiger partial charge in [-0.15, -0.1) is 11.3 Å². The molecule has 0 saturated heterocycles. The van der Waals surface area contributed by atoms with Crippen LogP contribution >= 0.6 is 11.3 Å². The van der Waals surface area contributed by atoms with Crippen molar-refractivity contribution in [2.24, 2.45) is 0 Å². The Hall–Kier alpha value is -3.00. The van der Waals surface area contributed by atoms with Crippen LogP contribution in [0.2, 0.25) is 0 Å². The number of methoxy groups -OCH3 is 1. The molecule has 1 aromatic heterocycles. The van der Waals surface area contributed by atoms with E-state index in [0.717, 1.165) is 16.8 Å². The van der Waals surface area contributed by atoms with E-state index < -0.39 is 12.5 Å². The number of nitrogens with one attached hydrogen (secondary N) is 1. The number of thiazole rings is 1. The first-order valence-electron chi connectivity index (χ1n) is 7.93. The number of amides is 1. The van der Waals surface area contributed by atoms with Gasteiger partial charge < -0.3 is 9.47 Å². The van der Waals surface area contributed by atoms with Crippen molar-refractivity contribution in [2.45, 2.75) is 13.5 Å². The number of aryl methyl sites for hydroxylation is 1. The van der Waals surface area contributed by atoms with Gasteiger partial charge in [0.15, 0.2) is 16.6 Å². The molecule has 3 aromatic rings. The molecule has 1 N–H and O–H groups in total. The fourth-order valence-corrected chi connectivity index (χ4v) is 3.20. The second-order valence-electron chi connectivity index (χ2n) is 5.55. The van der Waals surface area contributed by atoms with E-state index in [1.54, 1.807) is 0 Å². The summed E-state index contributed by atoms with van der Waals surface area (Å²) in [5.74, 6) is -0.578. The number of alkyl halides is 2. The number of carbonyl (C=O) groups excluding carboxylic acids is 1. The van der Waals surface area contributed by atoms with Crippen LogP contribution in [0.25, 0.3) is 11.3 Å². The van der Waals surface area contributed by atoms with Crippen LogP contribution in [0.5, 0.6) is 11.5 Å². The van der Waals surface area contributed by atoms with Gasteiger partial charge in [-0.2, -0.15) is 8.78 Å². The van der Waals surface area contributed by atoms with Gasteiger partial charge in [0.25, 0.3) is 5.91 Å². The molecule has 0 spiro atoms. The number of halogens is 2. The molecule has 3 rings (SSSR count). The van der Waals surface area contributed by atoms with Gasteiger partial charge in [0.2, 0.25) is 0 Å². The lowest BCUT2D eigenvalue weighted by molar-refractivity contribution is -0.0512. The Bertz CT molecular complexity index is 960. The van der Waals surface area contributed by atoms with Crippen LogP contribution < -0.4 is 14.8 Å². The maximum atomic E-state index is 12.5. The van der Waals surface area contributed by atoms with Crippen LogP contribution in [0.4, 0.5) is 13.9 Å². The normalized spacial score (nSPS) is 10.7. The fourth-order valence-electron chi connectivity index (χ4n) is 2.49. The summed E-state index contributed by atoms with van der Waals surface area (Å²) >= 11 is 1.28. The fraction of sp³-hybridized carbons (Fsp3) is 0.158. The number of nitrogens with zero attached hydrogens (tertiary/aromatic N) is 1. The number of hydrogen-bond acceptors (Lipinski definition) is 5. The molecule has 1 heterocycles. The third-order valence-electron chi connectivity index (χ3n) is 3.79. The van der Waals surface area contributed by atoms with Gasteiger partial charge in [0.1, 0.15) is 0 Å². The van der Waals surface area contributed by atoms with Crippen LogP contribution in [-0.2, 0) is 0 Å². The first-order chi connectivity index (χ1) is 13.0. The molecule has 0 fully saturated rings. The topological polar surface area (TPSA) is 60.5 Å². The molecule has 2 aromatic carbocycles. The summed E-state index contributed by atoms with van der Waals surface area (Å²) in [5, 5.41) is 4.92. The lowest BCUT2D eigenvalue weighted by Crippen LogP contribution is -2.12. The lowest BCUT2D eigenvalue weighted by Gasteiger charge is -2.11. The van der Waals surface area contributed by atoms with E-state index in [2.05, 4.69) is 15.0 Å². The highest BCUT2D eigenvalue weighted by Gasteiger charge is 2.16. The molecule has 5 nitrogen and oxygen atoms in total. The summed E-state index contributed by atoms with van der Waals surface area (Å²) in [7, 11) is 1.33. The molecule has 27 heavy (non-hydrogen) atoms. The summed E-state index contributed by atoms with van der Waals surface area (Å²) in [4.78, 5) is 16.9. The minimum absolute atomic E-state index is 0.114. The Balaban J connectivity index is 1.79. The molecule has 0 aliphatic rings. The van der Waals surface area contributed by atoms with E-state index in [-0.39, 0.29) is 17.1 Å². The van der Waals surface area contributed by atoms with Crippen molar-refractivity contribution in [3.05, 3.63) is 59.0 Å². The molecule has 0 radical (unpaired) electrons. The highest BCUT2D eigenvalue weighted by molar-refractivity contribution is 7.14. The number of anilines is 1. The standard InChI is InChI=1S/C19H16F2N2O3S/c1-11-5-3-4-6-13(11)14-10-27-19(22-14)23-17(24)12-7-8-15(25-2)16(9-12)26-18(20)21/h3-10,18H,1-2H3,(H,22,23,24). The molecule has 0 aliphatic heterocycles. The van der Waals surface area contributed by atoms with E-state index in [9.17, 15) is 13.6 Å². The van der Waals surface area contributed by atoms with E-state index in [0.29, 0.717) is 5.13 Å². The zero-order chi connectivity index (χ0) is 19.4. The molecule has 0 unspecified atom stereocenters. The minimum Gasteiger partial charge on any atom is -0.493 e. The number of aromatic nitrogens is 1. The van der Waals surface area contributed by atoms with E-state index >= 15 is 0 Å². The zero-order valence-corrected chi connectivity index (χ0v) is 15.3. The van der Waals surface area contributed by atoms with Crippen molar-refractivity contribution in [3.63, 3.8) is 0 Å². The van der Waals surface area contributed by atoms with Crippen molar-refractivity contribution >= 4 is 22.4 Å². The summed E-state index contributed by atoms with van der Waals surface area (Å²) in [6.45, 7) is -1.04. The summed E-state index contributed by atoms with van der Waals surface area (Å²) in [6.07, 6.45) is 0. The van der Waals surface area contributed by atoms with Crippen LogP contribution in [0.1, 0.15) is 15.9 Å². The van der Waals surface area contributed by atoms with Crippen molar-refractivity contribution < 1.29 is 23.0 Å². The Labute approximate surface area is 158 Å². The average Bonchev–Trinajstić information content (AvgIpc) is 3.09. The van der Waals surface area contributed by atoms with Gasteiger partial charge in [-0.25, -0.2) is 4.98 Å². The first kappa shape index (κ1) is 18.8. The molecule has 0 bridgehead atoms. The monoisotopic (exact) mass is 390 g/mol. The third kappa shape index (κ3) is 4.40. The average molecular weight is 390 g/mol. The molecular formula is C19H16F2N2O3S. The molecule has 1 amide bonds. The molecular weight excluding hydrogens is 374 g/mol. The summed E-state index contributed by atoms with van der Waals surface area (Å²) in [5.41, 5.74) is 2.96. The number of hydrogen-bond donors (Lipinski definition) is 1. The quantitative estimate of drug-likeness (QED) is 0.645. The zero-order valence-electron chi connectivity index (χ0n) is 14.5. The van der Waals surface area contributed by atoms with Gasteiger partial charge in [0, 0.05) is 16.5 Å². The van der Waals surface area contributed by atoms with E-state index in [4.69, 9.17) is 4.74 Å². The predicted octanol–water partition coefficient (Wildman–Crippen LogP) is 4.98. The van der Waals surface area contributed by atoms with Crippen molar-refractivity contribution in [2.75, 3.05) is 12.4 Å². The van der Waals surface area contributed by atoms with E-state index in [1.807, 2.05) is 36.6 Å². The lowest BCUT2D eigenvalue weighted by atomic mass is 10.1. The maximum absolute atomic E-state index is 12.5. The molecule has 140 valence electrons. The molecule has 0 aliphatic carbocycles. The Morgan fingerprint density at radius 1 is 1.19 bits per heavy atom. The Morgan fingerprint density at radius 3 is 2.67 bits per heavy atom. The van der Waals surface area contributed by atoms with Gasteiger partial charge in [-0.05, 0) is 30.7 Å². The third-order valence-corrected chi connectivity index (χ3v) is 4.55. The van der Waals surface area contributed by atoms with Crippen LogP contribution in [0.3, 0.4) is 0 Å². The summed E-state index contributed by atoms with van der Waals surface area (Å²) < 4.78 is 34.4. The number of carbonyl (C=O) groups is 1. The number of benzene rings is 2. The smallest absolute Gasteiger partial charge is 0.387 e. The van der Waals surface area contributed by atoms with Crippen molar-refractivity contribution in [3.8, 4) is 22.8 Å². The molecule has 0 saturated carbocycles. The maximum Gasteiger partial charge on any atom is 0.387 e. The second kappa shape index (κ2) is 8.13. The van der Waals surface area contributed by atoms with Gasteiger partial charge in [-0.3, -0.25) is 10.1 Å². The Kier molecular flexibility index (Phi) is 5.66. The highest BCUT2D eigenvalue weighted by Crippen LogP contribution is 2.31. The molecule has 8 heteroatoms. The predicted molar refractivity (Wildman–Crippen MR) is 99.9 cm³/mol. The van der Waals surface area contributed by atoms with Crippen LogP contribution in [-0.4, -0.2) is 24.6 Å². The highest BCUT2D eigenvalue weighted by atomic mass is 32.1. The van der Waals surface area contributed by atoms with Gasteiger partial charge in [0.05, 0.1) is 12.8 Å². The number of rotatable bonds is 6. The minimum atomic E-state index is -3.02. The van der Waals surface area contributed by atoms with E-state index in [1.165, 1.54) is 36.6 Å². The summed E-state index contributed by atoms with van der Waals surface area (Å²) in [6, 6.07) is 11.9.